The van der Waals surface area contributed by atoms with Gasteiger partial charge in [0.15, 0.2) is 0 Å². The van der Waals surface area contributed by atoms with Gasteiger partial charge in [-0.05, 0) is 63.1 Å². The fraction of sp³-hybridized carbons (Fsp3) is 0.304. The summed E-state index contributed by atoms with van der Waals surface area (Å²) in [6, 6.07) is 9.56. The number of halogens is 1. The van der Waals surface area contributed by atoms with Gasteiger partial charge in [-0.1, -0.05) is 23.7 Å². The number of hydrogen-bond acceptors (Lipinski definition) is 4. The van der Waals surface area contributed by atoms with E-state index in [2.05, 4.69) is 0 Å². The maximum Gasteiger partial charge on any atom is 0.340 e. The number of aromatic nitrogens is 1. The smallest absolute Gasteiger partial charge is 0.340 e. The standard InChI is InChI=1S/C23H24ClNO5/c1-5-25-13(3)19(21(27)30-6-2)20-17(8-7-9-18(20)25)23(4,22(28)29)14-10-15(24)12-16(26)11-14/h7-12,26H,5-6H2,1-4H3,(H,28,29). The number of carbonyl (C=O) groups excluding carboxylic acids is 1. The van der Waals surface area contributed by atoms with Crippen molar-refractivity contribution in [1.82, 2.24) is 4.57 Å². The van der Waals surface area contributed by atoms with E-state index in [0.717, 1.165) is 5.52 Å². The van der Waals surface area contributed by atoms with Gasteiger partial charge in [0, 0.05) is 28.2 Å². The fourth-order valence-corrected chi connectivity index (χ4v) is 4.29. The summed E-state index contributed by atoms with van der Waals surface area (Å²) in [4.78, 5) is 25.5. The Kier molecular flexibility index (Phi) is 5.81. The number of fused-ring (bicyclic) bond motifs is 1. The number of rotatable bonds is 6. The lowest BCUT2D eigenvalue weighted by Crippen LogP contribution is -2.34. The topological polar surface area (TPSA) is 88.8 Å². The molecule has 0 bridgehead atoms. The fourth-order valence-electron chi connectivity index (χ4n) is 4.06. The lowest BCUT2D eigenvalue weighted by atomic mass is 9.74. The number of carboxylic acid groups (broad SMARTS) is 1. The molecule has 2 N–H and O–H groups in total. The van der Waals surface area contributed by atoms with Gasteiger partial charge in [-0.25, -0.2) is 4.79 Å². The molecule has 1 aromatic heterocycles. The van der Waals surface area contributed by atoms with E-state index in [4.69, 9.17) is 16.3 Å². The summed E-state index contributed by atoms with van der Waals surface area (Å²) in [5.74, 6) is -1.76. The van der Waals surface area contributed by atoms with Crippen molar-refractivity contribution in [3.05, 3.63) is 63.8 Å². The molecule has 0 fully saturated rings. The molecule has 0 spiro atoms. The average Bonchev–Trinajstić information content (AvgIpc) is 2.97. The maximum atomic E-state index is 12.9. The number of phenolic OH excluding ortho intramolecular Hbond substituents is 1. The van der Waals surface area contributed by atoms with Crippen LogP contribution in [0, 0.1) is 6.92 Å². The van der Waals surface area contributed by atoms with E-state index < -0.39 is 17.4 Å². The van der Waals surface area contributed by atoms with Crippen LogP contribution in [0.15, 0.2) is 36.4 Å². The van der Waals surface area contributed by atoms with Crippen molar-refractivity contribution in [3.63, 3.8) is 0 Å². The summed E-state index contributed by atoms with van der Waals surface area (Å²) in [5.41, 5.74) is 0.962. The van der Waals surface area contributed by atoms with Crippen LogP contribution in [-0.2, 0) is 21.5 Å². The number of nitrogens with zero attached hydrogens (tertiary/aromatic N) is 1. The molecule has 3 aromatic rings. The number of carbonyl (C=O) groups is 2. The summed E-state index contributed by atoms with van der Waals surface area (Å²) in [6.45, 7) is 7.86. The summed E-state index contributed by atoms with van der Waals surface area (Å²) in [5, 5.41) is 21.1. The first-order valence-corrected chi connectivity index (χ1v) is 10.1. The number of carboxylic acids is 1. The molecule has 3 rings (SSSR count). The van der Waals surface area contributed by atoms with Crippen molar-refractivity contribution in [2.45, 2.75) is 39.7 Å². The molecular weight excluding hydrogens is 406 g/mol. The minimum absolute atomic E-state index is 0.134. The van der Waals surface area contributed by atoms with Crippen molar-refractivity contribution in [2.75, 3.05) is 6.61 Å². The molecule has 0 amide bonds. The maximum absolute atomic E-state index is 12.9. The molecule has 6 nitrogen and oxygen atoms in total. The Bertz CT molecular complexity index is 1130. The SMILES string of the molecule is CCOC(=O)c1c(C)n(CC)c2cccc(C(C)(C(=O)O)c3cc(O)cc(Cl)c3)c12. The quantitative estimate of drug-likeness (QED) is 0.544. The zero-order chi connectivity index (χ0) is 22.2. The van der Waals surface area contributed by atoms with Crippen LogP contribution in [-0.4, -0.2) is 33.3 Å². The number of ether oxygens (including phenoxy) is 1. The molecule has 7 heteroatoms. The van der Waals surface area contributed by atoms with Gasteiger partial charge in [-0.15, -0.1) is 0 Å². The predicted octanol–water partition coefficient (Wildman–Crippen LogP) is 4.90. The van der Waals surface area contributed by atoms with E-state index in [1.54, 1.807) is 26.0 Å². The Morgan fingerprint density at radius 2 is 1.90 bits per heavy atom. The van der Waals surface area contributed by atoms with Gasteiger partial charge in [0.2, 0.25) is 0 Å². The number of aromatic hydroxyl groups is 1. The lowest BCUT2D eigenvalue weighted by molar-refractivity contribution is -0.141. The third kappa shape index (κ3) is 3.31. The van der Waals surface area contributed by atoms with Gasteiger partial charge in [0.1, 0.15) is 11.2 Å². The molecule has 0 aliphatic heterocycles. The highest BCUT2D eigenvalue weighted by molar-refractivity contribution is 6.30. The Balaban J connectivity index is 2.46. The van der Waals surface area contributed by atoms with Crippen LogP contribution in [0.1, 0.15) is 48.0 Å². The molecule has 1 unspecified atom stereocenters. The van der Waals surface area contributed by atoms with Gasteiger partial charge in [0.25, 0.3) is 0 Å². The molecule has 0 saturated carbocycles. The first-order valence-electron chi connectivity index (χ1n) is 9.69. The molecule has 0 radical (unpaired) electrons. The van der Waals surface area contributed by atoms with E-state index in [1.807, 2.05) is 24.5 Å². The number of aryl methyl sites for hydroxylation is 1. The monoisotopic (exact) mass is 429 g/mol. The Morgan fingerprint density at radius 1 is 1.20 bits per heavy atom. The molecule has 0 aliphatic carbocycles. The second-order valence-electron chi connectivity index (χ2n) is 7.25. The summed E-state index contributed by atoms with van der Waals surface area (Å²) < 4.78 is 7.25. The van der Waals surface area contributed by atoms with Crippen LogP contribution in [0.4, 0.5) is 0 Å². The number of aliphatic carboxylic acids is 1. The molecule has 1 atom stereocenters. The third-order valence-corrected chi connectivity index (χ3v) is 5.79. The number of benzene rings is 2. The van der Waals surface area contributed by atoms with E-state index >= 15 is 0 Å². The van der Waals surface area contributed by atoms with E-state index in [9.17, 15) is 19.8 Å². The normalized spacial score (nSPS) is 13.2. The minimum Gasteiger partial charge on any atom is -0.508 e. The first-order chi connectivity index (χ1) is 14.2. The van der Waals surface area contributed by atoms with Crippen LogP contribution in [0.2, 0.25) is 5.02 Å². The molecule has 158 valence electrons. The van der Waals surface area contributed by atoms with Gasteiger partial charge >= 0.3 is 11.9 Å². The Morgan fingerprint density at radius 3 is 2.47 bits per heavy atom. The first kappa shape index (κ1) is 21.7. The van der Waals surface area contributed by atoms with Gasteiger partial charge in [-0.2, -0.15) is 0 Å². The van der Waals surface area contributed by atoms with Crippen molar-refractivity contribution in [2.24, 2.45) is 0 Å². The van der Waals surface area contributed by atoms with Crippen molar-refractivity contribution in [3.8, 4) is 5.75 Å². The van der Waals surface area contributed by atoms with E-state index in [0.29, 0.717) is 34.3 Å². The van der Waals surface area contributed by atoms with Crippen LogP contribution >= 0.6 is 11.6 Å². The van der Waals surface area contributed by atoms with Crippen LogP contribution in [0.3, 0.4) is 0 Å². The molecular formula is C23H24ClNO5. The Hall–Kier alpha value is -2.99. The highest BCUT2D eigenvalue weighted by atomic mass is 35.5. The van der Waals surface area contributed by atoms with Crippen LogP contribution in [0.5, 0.6) is 5.75 Å². The highest BCUT2D eigenvalue weighted by Gasteiger charge is 2.41. The van der Waals surface area contributed by atoms with Crippen molar-refractivity contribution < 1.29 is 24.5 Å². The zero-order valence-electron chi connectivity index (χ0n) is 17.3. The van der Waals surface area contributed by atoms with Crippen molar-refractivity contribution >= 4 is 34.4 Å². The number of hydrogen-bond donors (Lipinski definition) is 2. The van der Waals surface area contributed by atoms with Gasteiger partial charge in [0.05, 0.1) is 12.2 Å². The zero-order valence-corrected chi connectivity index (χ0v) is 18.1. The molecule has 1 heterocycles. The van der Waals surface area contributed by atoms with Gasteiger partial charge in [-0.3, -0.25) is 4.79 Å². The largest absolute Gasteiger partial charge is 0.508 e. The highest BCUT2D eigenvalue weighted by Crippen LogP contribution is 2.41. The summed E-state index contributed by atoms with van der Waals surface area (Å²) >= 11 is 6.11. The molecule has 2 aromatic carbocycles. The molecule has 0 aliphatic rings. The predicted molar refractivity (Wildman–Crippen MR) is 116 cm³/mol. The van der Waals surface area contributed by atoms with E-state index in [1.165, 1.54) is 18.2 Å². The average molecular weight is 430 g/mol. The minimum atomic E-state index is -1.57. The second kappa shape index (κ2) is 8.03. The van der Waals surface area contributed by atoms with Crippen molar-refractivity contribution in [1.29, 1.82) is 0 Å². The van der Waals surface area contributed by atoms with Crippen LogP contribution < -0.4 is 0 Å². The number of phenols is 1. The summed E-state index contributed by atoms with van der Waals surface area (Å²) in [6.07, 6.45) is 0. The molecule has 30 heavy (non-hydrogen) atoms. The number of esters is 1. The molecule has 0 saturated heterocycles. The second-order valence-corrected chi connectivity index (χ2v) is 7.69. The lowest BCUT2D eigenvalue weighted by Gasteiger charge is -2.27. The third-order valence-electron chi connectivity index (χ3n) is 5.57. The van der Waals surface area contributed by atoms with Gasteiger partial charge < -0.3 is 19.5 Å². The van der Waals surface area contributed by atoms with Crippen LogP contribution in [0.25, 0.3) is 10.9 Å². The van der Waals surface area contributed by atoms with E-state index in [-0.39, 0.29) is 17.4 Å². The summed E-state index contributed by atoms with van der Waals surface area (Å²) in [7, 11) is 0. The Labute approximate surface area is 179 Å².